The van der Waals surface area contributed by atoms with Crippen LogP contribution in [0.15, 0.2) is 45.7 Å². The molecule has 1 unspecified atom stereocenters. The minimum Gasteiger partial charge on any atom is -0.455 e. The predicted octanol–water partition coefficient (Wildman–Crippen LogP) is 2.65. The Balaban J connectivity index is 1.40. The van der Waals surface area contributed by atoms with Crippen molar-refractivity contribution in [2.45, 2.75) is 30.9 Å². The largest absolute Gasteiger partial charge is 0.455 e. The summed E-state index contributed by atoms with van der Waals surface area (Å²) in [6, 6.07) is 11.0. The maximum atomic E-state index is 12.6. The van der Waals surface area contributed by atoms with Gasteiger partial charge in [0, 0.05) is 37.6 Å². The molecule has 0 radical (unpaired) electrons. The van der Waals surface area contributed by atoms with E-state index in [0.717, 1.165) is 56.1 Å². The molecule has 1 aromatic carbocycles. The number of aryl methyl sites for hydroxylation is 1. The van der Waals surface area contributed by atoms with Crippen molar-refractivity contribution in [2.75, 3.05) is 45.8 Å². The summed E-state index contributed by atoms with van der Waals surface area (Å²) in [5.41, 5.74) is 0.992. The molecular weight excluding hydrogens is 386 g/mol. The van der Waals surface area contributed by atoms with Crippen molar-refractivity contribution in [2.24, 2.45) is 0 Å². The van der Waals surface area contributed by atoms with E-state index < -0.39 is 10.8 Å². The second-order valence-electron chi connectivity index (χ2n) is 7.41. The number of benzene rings is 1. The van der Waals surface area contributed by atoms with Gasteiger partial charge in [0.25, 0.3) is 5.91 Å². The Bertz CT molecular complexity index is 828. The average Bonchev–Trinajstić information content (AvgIpc) is 3.20. The third-order valence-corrected chi connectivity index (χ3v) is 6.84. The van der Waals surface area contributed by atoms with Gasteiger partial charge in [0.1, 0.15) is 5.76 Å². The fourth-order valence-corrected chi connectivity index (χ4v) is 4.74. The third-order valence-electron chi connectivity index (χ3n) is 5.35. The number of likely N-dealkylation sites (N-methyl/N-ethyl adjacent to an activating group) is 1. The number of hydrogen-bond donors (Lipinski definition) is 1. The van der Waals surface area contributed by atoms with Crippen LogP contribution < -0.4 is 5.32 Å². The van der Waals surface area contributed by atoms with Crippen LogP contribution in [0.4, 0.5) is 0 Å². The van der Waals surface area contributed by atoms with Crippen LogP contribution in [0.25, 0.3) is 0 Å². The minimum atomic E-state index is -1.19. The zero-order valence-electron chi connectivity index (χ0n) is 17.4. The lowest BCUT2D eigenvalue weighted by Crippen LogP contribution is -2.46. The minimum absolute atomic E-state index is 0.214. The Hall–Kier alpha value is -1.96. The number of amides is 1. The van der Waals surface area contributed by atoms with E-state index in [4.69, 9.17) is 4.42 Å². The van der Waals surface area contributed by atoms with Crippen molar-refractivity contribution in [3.63, 3.8) is 0 Å². The first kappa shape index (κ1) is 21.7. The van der Waals surface area contributed by atoms with Gasteiger partial charge >= 0.3 is 0 Å². The van der Waals surface area contributed by atoms with Gasteiger partial charge in [-0.2, -0.15) is 0 Å². The van der Waals surface area contributed by atoms with Crippen molar-refractivity contribution < 1.29 is 13.4 Å². The molecule has 1 aliphatic heterocycles. The van der Waals surface area contributed by atoms with E-state index in [0.29, 0.717) is 12.3 Å². The lowest BCUT2D eigenvalue weighted by atomic mass is 10.2. The molecule has 6 nitrogen and oxygen atoms in total. The van der Waals surface area contributed by atoms with Gasteiger partial charge in [-0.3, -0.25) is 9.00 Å². The van der Waals surface area contributed by atoms with Crippen LogP contribution in [0.2, 0.25) is 0 Å². The molecule has 3 rings (SSSR count). The highest BCUT2D eigenvalue weighted by molar-refractivity contribution is 7.84. The highest BCUT2D eigenvalue weighted by Crippen LogP contribution is 2.18. The van der Waals surface area contributed by atoms with Gasteiger partial charge < -0.3 is 19.5 Å². The number of carbonyl (C=O) groups is 1. The maximum Gasteiger partial charge on any atom is 0.286 e. The zero-order chi connectivity index (χ0) is 20.6. The predicted molar refractivity (Wildman–Crippen MR) is 116 cm³/mol. The van der Waals surface area contributed by atoms with Gasteiger partial charge in [0.2, 0.25) is 0 Å². The topological polar surface area (TPSA) is 65.8 Å². The van der Waals surface area contributed by atoms with Gasteiger partial charge in [-0.1, -0.05) is 25.1 Å². The summed E-state index contributed by atoms with van der Waals surface area (Å²) in [6.45, 7) is 11.3. The Morgan fingerprint density at radius 3 is 2.55 bits per heavy atom. The van der Waals surface area contributed by atoms with E-state index in [1.807, 2.05) is 31.2 Å². The van der Waals surface area contributed by atoms with Crippen LogP contribution in [-0.4, -0.2) is 65.7 Å². The summed E-state index contributed by atoms with van der Waals surface area (Å²) in [6.07, 6.45) is 0.919. The second-order valence-corrected chi connectivity index (χ2v) is 8.83. The van der Waals surface area contributed by atoms with E-state index >= 15 is 0 Å². The lowest BCUT2D eigenvalue weighted by Gasteiger charge is -2.33. The number of furan rings is 1. The molecule has 1 aliphatic rings. The molecule has 2 heterocycles. The first-order valence-electron chi connectivity index (χ1n) is 10.3. The molecule has 158 valence electrons. The molecule has 0 aliphatic carbocycles. The van der Waals surface area contributed by atoms with Crippen molar-refractivity contribution in [1.82, 2.24) is 15.1 Å². The average molecular weight is 418 g/mol. The molecule has 1 amide bonds. The third kappa shape index (κ3) is 6.26. The Morgan fingerprint density at radius 2 is 1.83 bits per heavy atom. The Morgan fingerprint density at radius 1 is 1.10 bits per heavy atom. The van der Waals surface area contributed by atoms with Crippen LogP contribution in [0.1, 0.15) is 35.2 Å². The lowest BCUT2D eigenvalue weighted by molar-refractivity contribution is 0.0919. The summed E-state index contributed by atoms with van der Waals surface area (Å²) in [4.78, 5) is 18.0. The summed E-state index contributed by atoms with van der Waals surface area (Å²) in [7, 11) is -1.19. The molecule has 2 aromatic rings. The summed E-state index contributed by atoms with van der Waals surface area (Å²) in [5, 5.41) is 2.92. The molecule has 1 atom stereocenters. The molecule has 29 heavy (non-hydrogen) atoms. The molecule has 1 saturated heterocycles. The SMILES string of the molecule is CCN1CCN(CCCNC(=O)c2ccc(CS(=O)c3ccccc3C)o2)CC1. The quantitative estimate of drug-likeness (QED) is 0.636. The summed E-state index contributed by atoms with van der Waals surface area (Å²) < 4.78 is 18.2. The molecule has 0 saturated carbocycles. The highest BCUT2D eigenvalue weighted by atomic mass is 32.2. The fourth-order valence-electron chi connectivity index (χ4n) is 3.52. The molecular formula is C22H31N3O3S. The molecule has 0 spiro atoms. The number of carbonyl (C=O) groups excluding carboxylic acids is 1. The number of hydrogen-bond acceptors (Lipinski definition) is 5. The van der Waals surface area contributed by atoms with E-state index in [9.17, 15) is 9.00 Å². The fraction of sp³-hybridized carbons (Fsp3) is 0.500. The van der Waals surface area contributed by atoms with E-state index in [1.54, 1.807) is 12.1 Å². The molecule has 7 heteroatoms. The van der Waals surface area contributed by atoms with Crippen LogP contribution in [0.3, 0.4) is 0 Å². The van der Waals surface area contributed by atoms with E-state index in [2.05, 4.69) is 22.0 Å². The van der Waals surface area contributed by atoms with Crippen molar-refractivity contribution >= 4 is 16.7 Å². The standard InChI is InChI=1S/C22H31N3O3S/c1-3-24-13-15-25(16-14-24)12-6-11-23-22(26)20-10-9-19(28-20)17-29(27)21-8-5-4-7-18(21)2/h4-5,7-10H,3,6,11-17H2,1-2H3,(H,23,26). The van der Waals surface area contributed by atoms with Crippen molar-refractivity contribution in [3.8, 4) is 0 Å². The summed E-state index contributed by atoms with van der Waals surface area (Å²) in [5.74, 6) is 0.889. The van der Waals surface area contributed by atoms with E-state index in [1.165, 1.54) is 0 Å². The monoisotopic (exact) mass is 417 g/mol. The zero-order valence-corrected chi connectivity index (χ0v) is 18.2. The Kier molecular flexibility index (Phi) is 8.03. The van der Waals surface area contributed by atoms with Crippen molar-refractivity contribution in [1.29, 1.82) is 0 Å². The molecule has 1 aromatic heterocycles. The van der Waals surface area contributed by atoms with Crippen LogP contribution in [0, 0.1) is 6.92 Å². The van der Waals surface area contributed by atoms with Gasteiger partial charge in [-0.05, 0) is 50.2 Å². The Labute approximate surface area is 175 Å². The maximum absolute atomic E-state index is 12.6. The first-order valence-corrected chi connectivity index (χ1v) is 11.6. The number of rotatable bonds is 9. The highest BCUT2D eigenvalue weighted by Gasteiger charge is 2.16. The van der Waals surface area contributed by atoms with Crippen LogP contribution in [-0.2, 0) is 16.6 Å². The molecule has 1 N–H and O–H groups in total. The van der Waals surface area contributed by atoms with Gasteiger partial charge in [0.15, 0.2) is 5.76 Å². The first-order chi connectivity index (χ1) is 14.1. The van der Waals surface area contributed by atoms with Gasteiger partial charge in [-0.25, -0.2) is 0 Å². The van der Waals surface area contributed by atoms with Gasteiger partial charge in [-0.15, -0.1) is 0 Å². The van der Waals surface area contributed by atoms with E-state index in [-0.39, 0.29) is 17.4 Å². The van der Waals surface area contributed by atoms with Gasteiger partial charge in [0.05, 0.1) is 16.6 Å². The number of nitrogens with one attached hydrogen (secondary N) is 1. The number of nitrogens with zero attached hydrogens (tertiary/aromatic N) is 2. The normalized spacial score (nSPS) is 16.6. The number of piperazine rings is 1. The smallest absolute Gasteiger partial charge is 0.286 e. The van der Waals surface area contributed by atoms with Crippen LogP contribution >= 0.6 is 0 Å². The second kappa shape index (κ2) is 10.7. The van der Waals surface area contributed by atoms with Crippen molar-refractivity contribution in [3.05, 3.63) is 53.5 Å². The summed E-state index contributed by atoms with van der Waals surface area (Å²) >= 11 is 0. The van der Waals surface area contributed by atoms with Crippen LogP contribution in [0.5, 0.6) is 0 Å². The molecule has 1 fully saturated rings. The molecule has 0 bridgehead atoms.